The molecule has 0 bridgehead atoms. The maximum Gasteiger partial charge on any atom is 0.0229 e. The van der Waals surface area contributed by atoms with Gasteiger partial charge in [-0.2, -0.15) is 24.4 Å². The summed E-state index contributed by atoms with van der Waals surface area (Å²) in [6, 6.07) is 0. The summed E-state index contributed by atoms with van der Waals surface area (Å²) in [5.41, 5.74) is 0. The van der Waals surface area contributed by atoms with Gasteiger partial charge in [0.2, 0.25) is 0 Å². The molecule has 0 aromatic rings. The zero-order valence-corrected chi connectivity index (χ0v) is 10.4. The van der Waals surface area contributed by atoms with Crippen molar-refractivity contribution in [2.24, 2.45) is 11.8 Å². The predicted molar refractivity (Wildman–Crippen MR) is 66.8 cm³/mol. The van der Waals surface area contributed by atoms with Crippen LogP contribution in [0.1, 0.15) is 26.7 Å². The Balaban J connectivity index is 2.67. The molecule has 13 heavy (non-hydrogen) atoms. The van der Waals surface area contributed by atoms with E-state index in [2.05, 4.69) is 32.3 Å². The zero-order valence-electron chi connectivity index (χ0n) is 8.73. The standard InChI is InChI=1S/C11H20S2/c1-4-5-9-7-6-8(2)10(12)11(9)13-3/h6-12H,4-5H2,1-3H3/t8?,9?,10-,11?/m0/s1. The summed E-state index contributed by atoms with van der Waals surface area (Å²) < 4.78 is 0. The highest BCUT2D eigenvalue weighted by atomic mass is 32.2. The fourth-order valence-electron chi connectivity index (χ4n) is 2.00. The van der Waals surface area contributed by atoms with E-state index in [0.29, 0.717) is 16.4 Å². The van der Waals surface area contributed by atoms with E-state index in [9.17, 15) is 0 Å². The van der Waals surface area contributed by atoms with Gasteiger partial charge in [-0.3, -0.25) is 0 Å². The summed E-state index contributed by atoms with van der Waals surface area (Å²) in [6.45, 7) is 4.52. The van der Waals surface area contributed by atoms with E-state index in [-0.39, 0.29) is 0 Å². The average Bonchev–Trinajstić information content (AvgIpc) is 2.12. The lowest BCUT2D eigenvalue weighted by Crippen LogP contribution is -2.33. The topological polar surface area (TPSA) is 0 Å². The van der Waals surface area contributed by atoms with Gasteiger partial charge >= 0.3 is 0 Å². The second-order valence-electron chi connectivity index (χ2n) is 3.89. The van der Waals surface area contributed by atoms with Crippen LogP contribution in [0.3, 0.4) is 0 Å². The van der Waals surface area contributed by atoms with E-state index in [4.69, 9.17) is 12.6 Å². The molecule has 2 heteroatoms. The van der Waals surface area contributed by atoms with Crippen molar-refractivity contribution in [3.8, 4) is 0 Å². The SMILES string of the molecule is CCCC1C=CC(C)[C@H](S)C1SC. The quantitative estimate of drug-likeness (QED) is 0.555. The molecule has 0 N–H and O–H groups in total. The van der Waals surface area contributed by atoms with Gasteiger partial charge in [0, 0.05) is 10.5 Å². The molecule has 3 unspecified atom stereocenters. The third-order valence-electron chi connectivity index (χ3n) is 2.85. The van der Waals surface area contributed by atoms with Crippen LogP contribution in [-0.4, -0.2) is 16.8 Å². The number of thiol groups is 1. The highest BCUT2D eigenvalue weighted by molar-refractivity contribution is 8.00. The Morgan fingerprint density at radius 1 is 1.38 bits per heavy atom. The minimum Gasteiger partial charge on any atom is -0.174 e. The molecule has 0 amide bonds. The van der Waals surface area contributed by atoms with Crippen molar-refractivity contribution in [1.82, 2.24) is 0 Å². The molecular weight excluding hydrogens is 196 g/mol. The maximum absolute atomic E-state index is 4.71. The Morgan fingerprint density at radius 3 is 2.62 bits per heavy atom. The molecule has 0 nitrogen and oxygen atoms in total. The van der Waals surface area contributed by atoms with Crippen LogP contribution in [0.5, 0.6) is 0 Å². The lowest BCUT2D eigenvalue weighted by Gasteiger charge is -2.34. The van der Waals surface area contributed by atoms with Crippen LogP contribution in [0.4, 0.5) is 0 Å². The van der Waals surface area contributed by atoms with Gasteiger partial charge in [-0.1, -0.05) is 32.4 Å². The summed E-state index contributed by atoms with van der Waals surface area (Å²) in [5.74, 6) is 1.38. The van der Waals surface area contributed by atoms with E-state index in [1.165, 1.54) is 12.8 Å². The van der Waals surface area contributed by atoms with Crippen LogP contribution >= 0.6 is 24.4 Å². The third-order valence-corrected chi connectivity index (χ3v) is 5.03. The van der Waals surface area contributed by atoms with Crippen LogP contribution in [0.15, 0.2) is 12.2 Å². The van der Waals surface area contributed by atoms with E-state index < -0.39 is 0 Å². The molecule has 0 aromatic carbocycles. The van der Waals surface area contributed by atoms with Gasteiger partial charge in [0.1, 0.15) is 0 Å². The first kappa shape index (κ1) is 11.5. The number of rotatable bonds is 3. The second-order valence-corrected chi connectivity index (χ2v) is 5.50. The molecule has 1 aliphatic rings. The number of thioether (sulfide) groups is 1. The smallest absolute Gasteiger partial charge is 0.0229 e. The lowest BCUT2D eigenvalue weighted by atomic mass is 9.86. The molecule has 0 fully saturated rings. The molecule has 0 saturated heterocycles. The molecule has 0 spiro atoms. The van der Waals surface area contributed by atoms with Crippen molar-refractivity contribution in [3.05, 3.63) is 12.2 Å². The van der Waals surface area contributed by atoms with Crippen molar-refractivity contribution < 1.29 is 0 Å². The Hall–Kier alpha value is 0.440. The zero-order chi connectivity index (χ0) is 9.84. The largest absolute Gasteiger partial charge is 0.174 e. The summed E-state index contributed by atoms with van der Waals surface area (Å²) in [5, 5.41) is 1.25. The van der Waals surface area contributed by atoms with E-state index in [1.54, 1.807) is 0 Å². The van der Waals surface area contributed by atoms with Gasteiger partial charge in [-0.05, 0) is 24.5 Å². The van der Waals surface area contributed by atoms with E-state index >= 15 is 0 Å². The summed E-state index contributed by atoms with van der Waals surface area (Å²) in [7, 11) is 0. The molecule has 0 aliphatic heterocycles. The highest BCUT2D eigenvalue weighted by Gasteiger charge is 2.30. The van der Waals surface area contributed by atoms with Crippen LogP contribution in [0, 0.1) is 11.8 Å². The van der Waals surface area contributed by atoms with Gasteiger partial charge < -0.3 is 0 Å². The summed E-state index contributed by atoms with van der Waals surface area (Å²) in [4.78, 5) is 0. The van der Waals surface area contributed by atoms with Crippen molar-refractivity contribution in [1.29, 1.82) is 0 Å². The van der Waals surface area contributed by atoms with Crippen LogP contribution < -0.4 is 0 Å². The molecule has 0 aromatic heterocycles. The van der Waals surface area contributed by atoms with Crippen molar-refractivity contribution in [2.75, 3.05) is 6.26 Å². The highest BCUT2D eigenvalue weighted by Crippen LogP contribution is 2.36. The molecular formula is C11H20S2. The first-order valence-corrected chi connectivity index (χ1v) is 6.90. The normalized spacial score (nSPS) is 39.4. The summed E-state index contributed by atoms with van der Waals surface area (Å²) in [6.07, 6.45) is 9.54. The lowest BCUT2D eigenvalue weighted by molar-refractivity contribution is 0.476. The Bertz CT molecular complexity index is 177. The number of hydrogen-bond acceptors (Lipinski definition) is 2. The van der Waals surface area contributed by atoms with Crippen molar-refractivity contribution in [2.45, 2.75) is 37.2 Å². The van der Waals surface area contributed by atoms with Crippen molar-refractivity contribution >= 4 is 24.4 Å². The molecule has 1 aliphatic carbocycles. The molecule has 0 heterocycles. The second kappa shape index (κ2) is 5.35. The van der Waals surface area contributed by atoms with Gasteiger partial charge in [0.25, 0.3) is 0 Å². The Morgan fingerprint density at radius 2 is 2.08 bits per heavy atom. The molecule has 76 valence electrons. The van der Waals surface area contributed by atoms with E-state index in [1.807, 2.05) is 11.8 Å². The van der Waals surface area contributed by atoms with Gasteiger partial charge in [0.15, 0.2) is 0 Å². The fraction of sp³-hybridized carbons (Fsp3) is 0.818. The van der Waals surface area contributed by atoms with Gasteiger partial charge in [0.05, 0.1) is 0 Å². The molecule has 0 saturated carbocycles. The molecule has 0 radical (unpaired) electrons. The van der Waals surface area contributed by atoms with E-state index in [0.717, 1.165) is 5.92 Å². The minimum atomic E-state index is 0.538. The van der Waals surface area contributed by atoms with Gasteiger partial charge in [-0.15, -0.1) is 0 Å². The van der Waals surface area contributed by atoms with Gasteiger partial charge in [-0.25, -0.2) is 0 Å². The average molecular weight is 216 g/mol. The fourth-order valence-corrected chi connectivity index (χ4v) is 3.79. The Labute approximate surface area is 92.0 Å². The summed E-state index contributed by atoms with van der Waals surface area (Å²) >= 11 is 6.69. The van der Waals surface area contributed by atoms with Crippen molar-refractivity contribution in [3.63, 3.8) is 0 Å². The molecule has 4 atom stereocenters. The first-order chi connectivity index (χ1) is 6.20. The minimum absolute atomic E-state index is 0.538. The first-order valence-electron chi connectivity index (χ1n) is 5.09. The van der Waals surface area contributed by atoms with Crippen LogP contribution in [-0.2, 0) is 0 Å². The monoisotopic (exact) mass is 216 g/mol. The Kier molecular flexibility index (Phi) is 4.74. The van der Waals surface area contributed by atoms with Crippen LogP contribution in [0.2, 0.25) is 0 Å². The maximum atomic E-state index is 4.71. The number of hydrogen-bond donors (Lipinski definition) is 1. The van der Waals surface area contributed by atoms with Crippen LogP contribution in [0.25, 0.3) is 0 Å². The predicted octanol–water partition coefficient (Wildman–Crippen LogP) is 3.64. The third kappa shape index (κ3) is 2.69. The number of allylic oxidation sites excluding steroid dienone is 2. The molecule has 1 rings (SSSR count).